The SMILES string of the molecule is O=C1CC(C(=O)N2CCc3ccccc3C2C[N+]2(Cc3ccc(Cl)cc3Cl)CCCC2)c2cc(Cl)ccc21.[Br-]. The lowest BCUT2D eigenvalue weighted by Gasteiger charge is -2.44. The molecule has 2 aliphatic heterocycles. The van der Waals surface area contributed by atoms with Crippen LogP contribution in [0.2, 0.25) is 15.1 Å². The van der Waals surface area contributed by atoms with Crippen LogP contribution in [0.1, 0.15) is 63.8 Å². The van der Waals surface area contributed by atoms with E-state index in [9.17, 15) is 9.59 Å². The second-order valence-electron chi connectivity index (χ2n) is 11.0. The highest BCUT2D eigenvalue weighted by Gasteiger charge is 2.44. The molecule has 204 valence electrons. The van der Waals surface area contributed by atoms with Crippen molar-refractivity contribution in [3.05, 3.63) is 104 Å². The van der Waals surface area contributed by atoms with Gasteiger partial charge in [-0.2, -0.15) is 0 Å². The zero-order valence-corrected chi connectivity index (χ0v) is 25.4. The number of quaternary nitrogens is 1. The Bertz CT molecular complexity index is 1420. The number of carbonyl (C=O) groups excluding carboxylic acids is 2. The highest BCUT2D eigenvalue weighted by atomic mass is 79.9. The average Bonchev–Trinajstić information content (AvgIpc) is 3.49. The minimum Gasteiger partial charge on any atom is -1.00 e. The normalized spacial score (nSPS) is 21.3. The highest BCUT2D eigenvalue weighted by molar-refractivity contribution is 6.35. The van der Waals surface area contributed by atoms with E-state index >= 15 is 0 Å². The van der Waals surface area contributed by atoms with Gasteiger partial charge in [0, 0.05) is 47.0 Å². The second kappa shape index (κ2) is 11.5. The van der Waals surface area contributed by atoms with Gasteiger partial charge < -0.3 is 26.4 Å². The van der Waals surface area contributed by atoms with Crippen LogP contribution < -0.4 is 17.0 Å². The van der Waals surface area contributed by atoms with Crippen LogP contribution in [0.15, 0.2) is 60.7 Å². The van der Waals surface area contributed by atoms with Crippen molar-refractivity contribution in [1.82, 2.24) is 4.90 Å². The Balaban J connectivity index is 0.00000308. The summed E-state index contributed by atoms with van der Waals surface area (Å²) in [5.41, 5.74) is 5.00. The lowest BCUT2D eigenvalue weighted by atomic mass is 9.89. The molecule has 0 aromatic heterocycles. The molecule has 1 amide bonds. The van der Waals surface area contributed by atoms with Crippen molar-refractivity contribution in [2.24, 2.45) is 0 Å². The monoisotopic (exact) mass is 646 g/mol. The summed E-state index contributed by atoms with van der Waals surface area (Å²) in [5.74, 6) is -0.438. The number of Topliss-reactive ketones (excluding diaryl/α,β-unsaturated/α-hetero) is 1. The van der Waals surface area contributed by atoms with Crippen molar-refractivity contribution in [3.8, 4) is 0 Å². The largest absolute Gasteiger partial charge is 1.00 e. The molecule has 2 atom stereocenters. The number of nitrogens with zero attached hydrogens (tertiary/aromatic N) is 2. The van der Waals surface area contributed by atoms with Crippen molar-refractivity contribution in [2.75, 3.05) is 26.2 Å². The maximum Gasteiger partial charge on any atom is 0.231 e. The number of hydrogen-bond acceptors (Lipinski definition) is 2. The lowest BCUT2D eigenvalue weighted by Crippen LogP contribution is -3.00. The molecule has 0 bridgehead atoms. The van der Waals surface area contributed by atoms with Gasteiger partial charge in [0.1, 0.15) is 19.1 Å². The van der Waals surface area contributed by atoms with E-state index in [2.05, 4.69) is 29.2 Å². The van der Waals surface area contributed by atoms with Crippen molar-refractivity contribution in [3.63, 3.8) is 0 Å². The topological polar surface area (TPSA) is 37.4 Å². The Morgan fingerprint density at radius 2 is 1.64 bits per heavy atom. The van der Waals surface area contributed by atoms with E-state index in [0.29, 0.717) is 27.2 Å². The van der Waals surface area contributed by atoms with Crippen LogP contribution in [-0.2, 0) is 17.8 Å². The standard InChI is InChI=1S/C31H30Cl3N2O2.BrH/c32-22-9-10-25-26(15-22)27(17-30(25)37)31(38)35-12-11-20-5-1-2-6-24(20)29(35)19-36(13-3-4-14-36)18-21-7-8-23(33)16-28(21)34;/h1-2,5-10,15-16,27,29H,3-4,11-14,17-19H2;1H/q+1;/p-1. The summed E-state index contributed by atoms with van der Waals surface area (Å²) in [6.07, 6.45) is 3.32. The van der Waals surface area contributed by atoms with Crippen molar-refractivity contribution >= 4 is 46.5 Å². The zero-order chi connectivity index (χ0) is 26.4. The van der Waals surface area contributed by atoms with Crippen LogP contribution in [0.25, 0.3) is 0 Å². The molecular formula is C31H30BrCl3N2O2. The fourth-order valence-electron chi connectivity index (χ4n) is 6.80. The Morgan fingerprint density at radius 3 is 2.41 bits per heavy atom. The number of carbonyl (C=O) groups is 2. The molecule has 3 aromatic carbocycles. The van der Waals surface area contributed by atoms with Gasteiger partial charge in [-0.05, 0) is 53.4 Å². The van der Waals surface area contributed by atoms with Gasteiger partial charge in [0.15, 0.2) is 5.78 Å². The van der Waals surface area contributed by atoms with Gasteiger partial charge in [0.05, 0.1) is 24.0 Å². The molecule has 8 heteroatoms. The summed E-state index contributed by atoms with van der Waals surface area (Å²) in [6, 6.07) is 19.5. The molecule has 0 N–H and O–H groups in total. The molecular weight excluding hydrogens is 619 g/mol. The first kappa shape index (κ1) is 28.6. The van der Waals surface area contributed by atoms with Crippen LogP contribution in [-0.4, -0.2) is 47.3 Å². The number of benzene rings is 3. The van der Waals surface area contributed by atoms with Gasteiger partial charge in [-0.25, -0.2) is 0 Å². The van der Waals surface area contributed by atoms with E-state index in [1.165, 1.54) is 11.1 Å². The van der Waals surface area contributed by atoms with E-state index in [0.717, 1.165) is 61.1 Å². The maximum atomic E-state index is 14.3. The fraction of sp³-hybridized carbons (Fsp3) is 0.355. The molecule has 0 radical (unpaired) electrons. The molecule has 3 aliphatic rings. The summed E-state index contributed by atoms with van der Waals surface area (Å²) < 4.78 is 0.871. The molecule has 1 saturated heterocycles. The van der Waals surface area contributed by atoms with Crippen molar-refractivity contribution in [2.45, 2.75) is 44.2 Å². The third-order valence-corrected chi connectivity index (χ3v) is 9.49. The molecule has 39 heavy (non-hydrogen) atoms. The van der Waals surface area contributed by atoms with Crippen LogP contribution in [0.5, 0.6) is 0 Å². The molecule has 3 aromatic rings. The minimum atomic E-state index is -0.485. The van der Waals surface area contributed by atoms with Gasteiger partial charge in [0.2, 0.25) is 5.91 Å². The zero-order valence-electron chi connectivity index (χ0n) is 21.5. The first-order chi connectivity index (χ1) is 18.3. The lowest BCUT2D eigenvalue weighted by molar-refractivity contribution is -0.932. The molecule has 6 rings (SSSR count). The maximum absolute atomic E-state index is 14.3. The van der Waals surface area contributed by atoms with E-state index < -0.39 is 5.92 Å². The van der Waals surface area contributed by atoms with Gasteiger partial charge in [0.25, 0.3) is 0 Å². The number of halogens is 4. The van der Waals surface area contributed by atoms with Crippen molar-refractivity contribution in [1.29, 1.82) is 0 Å². The number of hydrogen-bond donors (Lipinski definition) is 0. The molecule has 0 spiro atoms. The Hall–Kier alpha value is -1.89. The van der Waals surface area contributed by atoms with Crippen LogP contribution in [0, 0.1) is 0 Å². The molecule has 0 saturated carbocycles. The third kappa shape index (κ3) is 5.54. The summed E-state index contributed by atoms with van der Waals surface area (Å²) in [4.78, 5) is 29.1. The van der Waals surface area contributed by atoms with Gasteiger partial charge in [-0.3, -0.25) is 9.59 Å². The highest BCUT2D eigenvalue weighted by Crippen LogP contribution is 2.41. The first-order valence-electron chi connectivity index (χ1n) is 13.3. The van der Waals surface area contributed by atoms with Crippen LogP contribution in [0.4, 0.5) is 0 Å². The summed E-state index contributed by atoms with van der Waals surface area (Å²) in [7, 11) is 0. The Labute approximate surface area is 255 Å². The quantitative estimate of drug-likeness (QED) is 0.388. The van der Waals surface area contributed by atoms with Gasteiger partial charge in [-0.15, -0.1) is 0 Å². The number of amides is 1. The van der Waals surface area contributed by atoms with Gasteiger partial charge >= 0.3 is 0 Å². The van der Waals surface area contributed by atoms with E-state index in [4.69, 9.17) is 34.8 Å². The summed E-state index contributed by atoms with van der Waals surface area (Å²) in [5, 5.41) is 1.88. The molecule has 2 unspecified atom stereocenters. The summed E-state index contributed by atoms with van der Waals surface area (Å²) in [6.45, 7) is 4.34. The number of ketones is 1. The smallest absolute Gasteiger partial charge is 0.231 e. The number of likely N-dealkylation sites (tertiary alicyclic amines) is 1. The molecule has 1 fully saturated rings. The Morgan fingerprint density at radius 1 is 0.923 bits per heavy atom. The predicted octanol–water partition coefficient (Wildman–Crippen LogP) is 4.26. The summed E-state index contributed by atoms with van der Waals surface area (Å²) >= 11 is 19.1. The minimum absolute atomic E-state index is 0. The molecule has 2 heterocycles. The number of rotatable bonds is 5. The van der Waals surface area contributed by atoms with Crippen molar-refractivity contribution < 1.29 is 31.1 Å². The van der Waals surface area contributed by atoms with Crippen LogP contribution in [0.3, 0.4) is 0 Å². The number of fused-ring (bicyclic) bond motifs is 2. The Kier molecular flexibility index (Phi) is 8.47. The average molecular weight is 649 g/mol. The molecule has 1 aliphatic carbocycles. The second-order valence-corrected chi connectivity index (χ2v) is 12.3. The first-order valence-corrected chi connectivity index (χ1v) is 14.5. The third-order valence-electron chi connectivity index (χ3n) is 8.67. The van der Waals surface area contributed by atoms with Gasteiger partial charge in [-0.1, -0.05) is 65.1 Å². The van der Waals surface area contributed by atoms with E-state index in [-0.39, 0.29) is 41.1 Å². The predicted molar refractivity (Wildman–Crippen MR) is 152 cm³/mol. The van der Waals surface area contributed by atoms with Crippen LogP contribution >= 0.6 is 34.8 Å². The molecule has 4 nitrogen and oxygen atoms in total. The fourth-order valence-corrected chi connectivity index (χ4v) is 7.45. The van der Waals surface area contributed by atoms with E-state index in [1.54, 1.807) is 18.2 Å². The van der Waals surface area contributed by atoms with E-state index in [1.807, 2.05) is 18.2 Å².